The van der Waals surface area contributed by atoms with Gasteiger partial charge in [-0.2, -0.15) is 13.2 Å². The van der Waals surface area contributed by atoms with E-state index < -0.39 is 11.7 Å². The van der Waals surface area contributed by atoms with Gasteiger partial charge in [0.25, 0.3) is 0 Å². The standard InChI is InChI=1S/C26H26F3N5O2.C16H36N.FH/c27-26(28,29)21-14-31-23-20(21)10-17(12-30-23)18-11-22-24(32-13-18)34(19-4-2-1-3-5-19)25(35)33(22)15-16-6-8-36-9-7-16;1-5-9-13-17(14-10-6-2,15-11-7-3)16-12-8-4;/h4,10-14,16H,1-3,5-9,15H2,(H,30,31);5-16H2,1-4H3;1H/q;+1;/p-1. The number of hydrogen-bond acceptors (Lipinski definition) is 4. The van der Waals surface area contributed by atoms with E-state index in [9.17, 15) is 18.0 Å². The van der Waals surface area contributed by atoms with Gasteiger partial charge in [0.15, 0.2) is 5.65 Å². The van der Waals surface area contributed by atoms with Crippen LogP contribution in [0.1, 0.15) is 123 Å². The predicted molar refractivity (Wildman–Crippen MR) is 210 cm³/mol. The third-order valence-electron chi connectivity index (χ3n) is 11.2. The molecule has 8 nitrogen and oxygen atoms in total. The van der Waals surface area contributed by atoms with Crippen LogP contribution in [-0.4, -0.2) is 68.0 Å². The van der Waals surface area contributed by atoms with Gasteiger partial charge in [0.05, 0.1) is 37.3 Å². The van der Waals surface area contributed by atoms with Crippen LogP contribution in [-0.2, 0) is 17.5 Å². The van der Waals surface area contributed by atoms with Crippen molar-refractivity contribution in [3.63, 3.8) is 0 Å². The van der Waals surface area contributed by atoms with Crippen LogP contribution < -0.4 is 10.4 Å². The van der Waals surface area contributed by atoms with Crippen molar-refractivity contribution < 1.29 is 27.1 Å². The molecule has 1 N–H and O–H groups in total. The molecule has 0 aromatic carbocycles. The molecule has 4 aromatic rings. The van der Waals surface area contributed by atoms with E-state index in [1.165, 1.54) is 94.3 Å². The number of hydrogen-bond donors (Lipinski definition) is 1. The van der Waals surface area contributed by atoms with Crippen molar-refractivity contribution in [1.82, 2.24) is 24.1 Å². The molecule has 6 rings (SSSR count). The Morgan fingerprint density at radius 1 is 0.870 bits per heavy atom. The number of aromatic nitrogens is 5. The highest BCUT2D eigenvalue weighted by molar-refractivity contribution is 5.87. The van der Waals surface area contributed by atoms with Gasteiger partial charge in [-0.3, -0.25) is 4.57 Å². The molecule has 5 heterocycles. The molecule has 0 bridgehead atoms. The van der Waals surface area contributed by atoms with Gasteiger partial charge in [0.2, 0.25) is 0 Å². The third kappa shape index (κ3) is 10.6. The second-order valence-electron chi connectivity index (χ2n) is 15.3. The van der Waals surface area contributed by atoms with E-state index in [2.05, 4.69) is 48.7 Å². The van der Waals surface area contributed by atoms with Crippen LogP contribution in [0.3, 0.4) is 0 Å². The highest BCUT2D eigenvalue weighted by atomic mass is 19.4. The van der Waals surface area contributed by atoms with Gasteiger partial charge >= 0.3 is 11.9 Å². The minimum absolute atomic E-state index is 0. The van der Waals surface area contributed by atoms with E-state index in [1.807, 2.05) is 6.07 Å². The molecule has 4 aromatic heterocycles. The van der Waals surface area contributed by atoms with Crippen LogP contribution in [0.4, 0.5) is 13.2 Å². The van der Waals surface area contributed by atoms with Crippen LogP contribution in [0.15, 0.2) is 41.6 Å². The van der Waals surface area contributed by atoms with Gasteiger partial charge in [-0.1, -0.05) is 59.5 Å². The van der Waals surface area contributed by atoms with E-state index in [4.69, 9.17) is 4.74 Å². The molecule has 300 valence electrons. The number of H-pyrrole nitrogens is 1. The zero-order chi connectivity index (χ0) is 37.8. The molecule has 54 heavy (non-hydrogen) atoms. The maximum atomic E-state index is 13.7. The number of halogens is 4. The number of fused-ring (bicyclic) bond motifs is 2. The molecule has 1 saturated heterocycles. The largest absolute Gasteiger partial charge is 1.00 e. The van der Waals surface area contributed by atoms with Crippen LogP contribution in [0.5, 0.6) is 0 Å². The lowest BCUT2D eigenvalue weighted by atomic mass is 10.0. The van der Waals surface area contributed by atoms with Gasteiger partial charge in [-0.25, -0.2) is 19.3 Å². The van der Waals surface area contributed by atoms with E-state index in [1.54, 1.807) is 15.3 Å². The zero-order valence-corrected chi connectivity index (χ0v) is 33.0. The predicted octanol–water partition coefficient (Wildman–Crippen LogP) is 7.61. The minimum Gasteiger partial charge on any atom is -1.00 e. The van der Waals surface area contributed by atoms with Crippen molar-refractivity contribution in [3.05, 3.63) is 52.8 Å². The molecule has 12 heteroatoms. The Labute approximate surface area is 318 Å². The quantitative estimate of drug-likeness (QED) is 0.0944. The number of unbranched alkanes of at least 4 members (excludes halogenated alkanes) is 4. The van der Waals surface area contributed by atoms with Gasteiger partial charge in [0, 0.05) is 60.6 Å². The van der Waals surface area contributed by atoms with Crippen molar-refractivity contribution in [3.8, 4) is 11.1 Å². The molecular weight excluding hydrogens is 696 g/mol. The molecule has 0 amide bonds. The Bertz CT molecular complexity index is 1800. The van der Waals surface area contributed by atoms with Crippen molar-refractivity contribution in [2.45, 2.75) is 130 Å². The number of nitrogens with one attached hydrogen (secondary N) is 1. The smallest absolute Gasteiger partial charge is 0.418 e. The van der Waals surface area contributed by atoms with Gasteiger partial charge in [0.1, 0.15) is 5.65 Å². The number of nitrogens with zero attached hydrogens (tertiary/aromatic N) is 5. The van der Waals surface area contributed by atoms with Crippen molar-refractivity contribution in [1.29, 1.82) is 0 Å². The number of rotatable bonds is 16. The zero-order valence-electron chi connectivity index (χ0n) is 33.0. The molecular formula is C42H62F4N6O2. The monoisotopic (exact) mass is 758 g/mol. The first-order valence-corrected chi connectivity index (χ1v) is 20.4. The molecule has 2 aliphatic rings. The van der Waals surface area contributed by atoms with Gasteiger partial charge in [-0.15, -0.1) is 0 Å². The van der Waals surface area contributed by atoms with E-state index >= 15 is 0 Å². The number of pyridine rings is 2. The highest BCUT2D eigenvalue weighted by Crippen LogP contribution is 2.36. The highest BCUT2D eigenvalue weighted by Gasteiger charge is 2.34. The Balaban J connectivity index is 0.000000309. The van der Waals surface area contributed by atoms with Crippen molar-refractivity contribution >= 4 is 27.9 Å². The summed E-state index contributed by atoms with van der Waals surface area (Å²) in [5.41, 5.74) is 2.65. The van der Waals surface area contributed by atoms with Crippen LogP contribution in [0.25, 0.3) is 39.0 Å². The summed E-state index contributed by atoms with van der Waals surface area (Å²) in [6.07, 6.45) is 18.4. The summed E-state index contributed by atoms with van der Waals surface area (Å²) >= 11 is 0. The first-order chi connectivity index (χ1) is 25.6. The Morgan fingerprint density at radius 3 is 2.02 bits per heavy atom. The minimum atomic E-state index is -4.49. The SMILES string of the molecule is CCCC[N+](CCCC)(CCCC)CCCC.O=c1n(CC2CCOCC2)c2cc(-c3cnc4[nH]cc(C(F)(F)F)c4c3)cnc2n1C1=CCCCC1.[F-]. The van der Waals surface area contributed by atoms with Crippen LogP contribution in [0.2, 0.25) is 0 Å². The number of aromatic amines is 1. The van der Waals surface area contributed by atoms with Crippen LogP contribution >= 0.6 is 0 Å². The molecule has 0 radical (unpaired) electrons. The second-order valence-corrected chi connectivity index (χ2v) is 15.3. The summed E-state index contributed by atoms with van der Waals surface area (Å²) < 4.78 is 50.8. The molecule has 0 unspecified atom stereocenters. The molecule has 1 aliphatic carbocycles. The van der Waals surface area contributed by atoms with Gasteiger partial charge in [-0.05, 0) is 82.3 Å². The Kier molecular flexibility index (Phi) is 16.3. The number of quaternary nitrogens is 1. The van der Waals surface area contributed by atoms with E-state index in [0.29, 0.717) is 48.0 Å². The lowest BCUT2D eigenvalue weighted by Crippen LogP contribution is -3.00. The molecule has 0 saturated carbocycles. The fourth-order valence-corrected chi connectivity index (χ4v) is 7.98. The topological polar surface area (TPSA) is 77.7 Å². The van der Waals surface area contributed by atoms with E-state index in [-0.39, 0.29) is 21.4 Å². The van der Waals surface area contributed by atoms with Crippen molar-refractivity contribution in [2.75, 3.05) is 39.4 Å². The average Bonchev–Trinajstić information content (AvgIpc) is 3.73. The maximum absolute atomic E-state index is 13.7. The molecule has 0 spiro atoms. The summed E-state index contributed by atoms with van der Waals surface area (Å²) in [5, 5.41) is 0.00428. The fraction of sp³-hybridized carbons (Fsp3) is 0.643. The number of alkyl halides is 3. The Morgan fingerprint density at radius 2 is 1.46 bits per heavy atom. The molecule has 1 fully saturated rings. The number of allylic oxidation sites excluding steroid dienone is 2. The van der Waals surface area contributed by atoms with Gasteiger partial charge < -0.3 is 18.9 Å². The van der Waals surface area contributed by atoms with E-state index in [0.717, 1.165) is 50.4 Å². The van der Waals surface area contributed by atoms with Crippen LogP contribution in [0, 0.1) is 5.92 Å². The summed E-state index contributed by atoms with van der Waals surface area (Å²) in [5.74, 6) is 0.312. The lowest BCUT2D eigenvalue weighted by molar-refractivity contribution is -0.929. The Hall–Kier alpha value is -3.51. The summed E-state index contributed by atoms with van der Waals surface area (Å²) in [4.78, 5) is 25.1. The third-order valence-corrected chi connectivity index (χ3v) is 11.2. The van der Waals surface area contributed by atoms with Crippen molar-refractivity contribution in [2.24, 2.45) is 5.92 Å². The number of imidazole rings is 1. The normalized spacial score (nSPS) is 15.6. The fourth-order valence-electron chi connectivity index (χ4n) is 7.98. The first kappa shape index (κ1) is 43.2. The maximum Gasteiger partial charge on any atom is 0.418 e. The number of ether oxygens (including phenoxy) is 1. The summed E-state index contributed by atoms with van der Waals surface area (Å²) in [7, 11) is 0. The second kappa shape index (κ2) is 20.4. The molecule has 0 atom stereocenters. The first-order valence-electron chi connectivity index (χ1n) is 20.4. The molecule has 1 aliphatic heterocycles. The lowest BCUT2D eigenvalue weighted by Gasteiger charge is -2.39. The average molecular weight is 759 g/mol. The summed E-state index contributed by atoms with van der Waals surface area (Å²) in [6.45, 7) is 16.9. The summed E-state index contributed by atoms with van der Waals surface area (Å²) in [6, 6.07) is 3.33.